The fourth-order valence-corrected chi connectivity index (χ4v) is 3.39. The van der Waals surface area contributed by atoms with Crippen LogP contribution in [0, 0.1) is 10.1 Å². The van der Waals surface area contributed by atoms with E-state index in [0.717, 1.165) is 24.0 Å². The molecule has 0 fully saturated rings. The largest absolute Gasteiger partial charge is 0.355 e. The van der Waals surface area contributed by atoms with Crippen LogP contribution in [0.3, 0.4) is 0 Å². The van der Waals surface area contributed by atoms with Gasteiger partial charge in [0, 0.05) is 13.6 Å². The Morgan fingerprint density at radius 3 is 2.19 bits per heavy atom. The minimum Gasteiger partial charge on any atom is -0.354 e. The lowest BCUT2D eigenvalue weighted by atomic mass is 9.91. The Morgan fingerprint density at radius 2 is 1.66 bits per heavy atom. The number of nitrogens with zero attached hydrogens (tertiary/aromatic N) is 4. The third-order valence-electron chi connectivity index (χ3n) is 5.03. The highest BCUT2D eigenvalue weighted by Gasteiger charge is 2.27. The SMILES string of the molecule is CCCCN(C)c1ncnc(NNC(=O)C(c2ccccc2)c2ccccc2)c1[N+](=O)[O-]. The summed E-state index contributed by atoms with van der Waals surface area (Å²) < 4.78 is 0. The lowest BCUT2D eigenvalue weighted by molar-refractivity contribution is -0.383. The maximum Gasteiger partial charge on any atom is 0.355 e. The average molecular weight is 435 g/mol. The number of rotatable bonds is 10. The van der Waals surface area contributed by atoms with Gasteiger partial charge in [0.05, 0.1) is 10.8 Å². The maximum absolute atomic E-state index is 13.2. The number of anilines is 2. The standard InChI is InChI=1S/C23H26N6O3/c1-3-4-15-28(2)22-20(29(31)32)21(24-16-25-22)26-27-23(30)19(17-11-7-5-8-12-17)18-13-9-6-10-14-18/h5-14,16,19H,3-4,15H2,1-2H3,(H,27,30)(H,24,25,26). The van der Waals surface area contributed by atoms with Crippen molar-refractivity contribution in [3.05, 3.63) is 88.2 Å². The molecule has 32 heavy (non-hydrogen) atoms. The predicted octanol–water partition coefficient (Wildman–Crippen LogP) is 3.90. The summed E-state index contributed by atoms with van der Waals surface area (Å²) in [6.45, 7) is 2.66. The van der Waals surface area contributed by atoms with Gasteiger partial charge in [-0.3, -0.25) is 25.8 Å². The van der Waals surface area contributed by atoms with Crippen LogP contribution in [-0.4, -0.2) is 34.4 Å². The highest BCUT2D eigenvalue weighted by atomic mass is 16.6. The number of hydrogen-bond donors (Lipinski definition) is 2. The zero-order chi connectivity index (χ0) is 22.9. The Morgan fingerprint density at radius 1 is 1.06 bits per heavy atom. The molecule has 1 aromatic heterocycles. The second-order valence-corrected chi connectivity index (χ2v) is 7.30. The fraction of sp³-hybridized carbons (Fsp3) is 0.261. The Bertz CT molecular complexity index is 1010. The Hall–Kier alpha value is -4.01. The molecule has 9 heteroatoms. The van der Waals surface area contributed by atoms with Crippen molar-refractivity contribution in [3.8, 4) is 0 Å². The van der Waals surface area contributed by atoms with Crippen molar-refractivity contribution in [2.45, 2.75) is 25.7 Å². The molecule has 166 valence electrons. The van der Waals surface area contributed by atoms with Gasteiger partial charge in [-0.05, 0) is 17.5 Å². The van der Waals surface area contributed by atoms with E-state index in [1.165, 1.54) is 6.33 Å². The number of unbranched alkanes of at least 4 members (excludes halogenated alkanes) is 1. The Balaban J connectivity index is 1.86. The number of hydrazine groups is 1. The van der Waals surface area contributed by atoms with Crippen LogP contribution in [0.1, 0.15) is 36.8 Å². The van der Waals surface area contributed by atoms with Crippen LogP contribution >= 0.6 is 0 Å². The van der Waals surface area contributed by atoms with Gasteiger partial charge < -0.3 is 4.90 Å². The summed E-state index contributed by atoms with van der Waals surface area (Å²) in [5.74, 6) is -0.844. The van der Waals surface area contributed by atoms with E-state index in [1.807, 2.05) is 67.6 Å². The number of hydrogen-bond acceptors (Lipinski definition) is 7. The molecular weight excluding hydrogens is 408 g/mol. The highest BCUT2D eigenvalue weighted by molar-refractivity contribution is 5.88. The van der Waals surface area contributed by atoms with Crippen LogP contribution in [0.5, 0.6) is 0 Å². The molecular formula is C23H26N6O3. The van der Waals surface area contributed by atoms with E-state index in [2.05, 4.69) is 20.8 Å². The first-order valence-electron chi connectivity index (χ1n) is 10.4. The maximum atomic E-state index is 13.2. The Labute approximate surface area is 186 Å². The number of carbonyl (C=O) groups is 1. The summed E-state index contributed by atoms with van der Waals surface area (Å²) in [5.41, 5.74) is 6.56. The molecule has 1 amide bonds. The molecule has 0 unspecified atom stereocenters. The van der Waals surface area contributed by atoms with Crippen molar-refractivity contribution in [2.24, 2.45) is 0 Å². The number of benzene rings is 2. The van der Waals surface area contributed by atoms with E-state index in [-0.39, 0.29) is 23.2 Å². The highest BCUT2D eigenvalue weighted by Crippen LogP contribution is 2.31. The lowest BCUT2D eigenvalue weighted by Gasteiger charge is -2.20. The van der Waals surface area contributed by atoms with Crippen molar-refractivity contribution in [1.29, 1.82) is 0 Å². The van der Waals surface area contributed by atoms with Gasteiger partial charge in [0.25, 0.3) is 0 Å². The molecule has 2 aromatic carbocycles. The third kappa shape index (κ3) is 5.37. The van der Waals surface area contributed by atoms with E-state index in [0.29, 0.717) is 6.54 Å². The van der Waals surface area contributed by atoms with E-state index in [9.17, 15) is 14.9 Å². The molecule has 0 bridgehead atoms. The summed E-state index contributed by atoms with van der Waals surface area (Å²) in [4.78, 5) is 34.2. The second kappa shape index (κ2) is 10.9. The molecule has 2 N–H and O–H groups in total. The zero-order valence-electron chi connectivity index (χ0n) is 18.1. The molecule has 0 saturated heterocycles. The van der Waals surface area contributed by atoms with Gasteiger partial charge in [-0.15, -0.1) is 0 Å². The summed E-state index contributed by atoms with van der Waals surface area (Å²) in [6, 6.07) is 18.7. The number of carbonyl (C=O) groups excluding carboxylic acids is 1. The second-order valence-electron chi connectivity index (χ2n) is 7.30. The van der Waals surface area contributed by atoms with Crippen LogP contribution in [0.15, 0.2) is 67.0 Å². The molecule has 0 aliphatic heterocycles. The normalized spacial score (nSPS) is 10.6. The molecule has 0 atom stereocenters. The number of amides is 1. The number of aromatic nitrogens is 2. The molecule has 0 radical (unpaired) electrons. The third-order valence-corrected chi connectivity index (χ3v) is 5.03. The van der Waals surface area contributed by atoms with Crippen molar-refractivity contribution in [2.75, 3.05) is 23.9 Å². The first-order chi connectivity index (χ1) is 15.5. The lowest BCUT2D eigenvalue weighted by Crippen LogP contribution is -2.35. The minimum atomic E-state index is -0.600. The van der Waals surface area contributed by atoms with Gasteiger partial charge in [0.1, 0.15) is 6.33 Å². The van der Waals surface area contributed by atoms with Crippen LogP contribution < -0.4 is 15.8 Å². The van der Waals surface area contributed by atoms with Crippen molar-refractivity contribution in [3.63, 3.8) is 0 Å². The van der Waals surface area contributed by atoms with Gasteiger partial charge in [0.15, 0.2) is 0 Å². The minimum absolute atomic E-state index is 0.0726. The smallest absolute Gasteiger partial charge is 0.354 e. The van der Waals surface area contributed by atoms with Gasteiger partial charge >= 0.3 is 5.69 Å². The van der Waals surface area contributed by atoms with Gasteiger partial charge in [-0.2, -0.15) is 0 Å². The van der Waals surface area contributed by atoms with Gasteiger partial charge in [-0.1, -0.05) is 74.0 Å². The number of nitro groups is 1. The monoisotopic (exact) mass is 434 g/mol. The van der Waals surface area contributed by atoms with E-state index in [4.69, 9.17) is 0 Å². The molecule has 3 rings (SSSR count). The Kier molecular flexibility index (Phi) is 7.69. The first kappa shape index (κ1) is 22.7. The van der Waals surface area contributed by atoms with Crippen LogP contribution in [-0.2, 0) is 4.79 Å². The summed E-state index contributed by atoms with van der Waals surface area (Å²) >= 11 is 0. The first-order valence-corrected chi connectivity index (χ1v) is 10.4. The molecule has 1 heterocycles. The van der Waals surface area contributed by atoms with Gasteiger partial charge in [-0.25, -0.2) is 9.97 Å². The van der Waals surface area contributed by atoms with Crippen molar-refractivity contribution >= 4 is 23.2 Å². The number of nitrogens with one attached hydrogen (secondary N) is 2. The van der Waals surface area contributed by atoms with Crippen LogP contribution in [0.2, 0.25) is 0 Å². The van der Waals surface area contributed by atoms with Crippen LogP contribution in [0.4, 0.5) is 17.3 Å². The van der Waals surface area contributed by atoms with Gasteiger partial charge in [0.2, 0.25) is 17.5 Å². The molecule has 0 spiro atoms. The van der Waals surface area contributed by atoms with E-state index in [1.54, 1.807) is 11.9 Å². The van der Waals surface area contributed by atoms with E-state index >= 15 is 0 Å². The molecule has 0 saturated carbocycles. The average Bonchev–Trinajstić information content (AvgIpc) is 2.82. The van der Waals surface area contributed by atoms with Crippen molar-refractivity contribution < 1.29 is 9.72 Å². The fourth-order valence-electron chi connectivity index (χ4n) is 3.39. The predicted molar refractivity (Wildman–Crippen MR) is 123 cm³/mol. The molecule has 0 aliphatic rings. The van der Waals surface area contributed by atoms with Crippen molar-refractivity contribution in [1.82, 2.24) is 15.4 Å². The van der Waals surface area contributed by atoms with Crippen LogP contribution in [0.25, 0.3) is 0 Å². The zero-order valence-corrected chi connectivity index (χ0v) is 18.1. The molecule has 3 aromatic rings. The quantitative estimate of drug-likeness (QED) is 0.367. The molecule has 0 aliphatic carbocycles. The molecule has 9 nitrogen and oxygen atoms in total. The summed E-state index contributed by atoms with van der Waals surface area (Å²) in [7, 11) is 1.74. The summed E-state index contributed by atoms with van der Waals surface area (Å²) in [6.07, 6.45) is 3.06. The topological polar surface area (TPSA) is 113 Å². The van der Waals surface area contributed by atoms with E-state index < -0.39 is 10.8 Å². The summed E-state index contributed by atoms with van der Waals surface area (Å²) in [5, 5.41) is 11.8.